The highest BCUT2D eigenvalue weighted by Gasteiger charge is 2.50. The molecule has 9 heteroatoms. The van der Waals surface area contributed by atoms with Crippen LogP contribution in [0.5, 0.6) is 0 Å². The van der Waals surface area contributed by atoms with Gasteiger partial charge in [-0.3, -0.25) is 34.1 Å². The largest absolute Gasteiger partial charge is 0.383 e. The van der Waals surface area contributed by atoms with E-state index in [0.717, 1.165) is 49.6 Å². The van der Waals surface area contributed by atoms with Crippen molar-refractivity contribution in [2.45, 2.75) is 96.7 Å². The summed E-state index contributed by atoms with van der Waals surface area (Å²) in [6, 6.07) is 6.02. The molecule has 4 saturated carbocycles. The van der Waals surface area contributed by atoms with E-state index in [1.807, 2.05) is 18.2 Å². The Morgan fingerprint density at radius 3 is 2.30 bits per heavy atom. The van der Waals surface area contributed by atoms with Crippen LogP contribution in [0.3, 0.4) is 0 Å². The first-order valence-electron chi connectivity index (χ1n) is 16.8. The van der Waals surface area contributed by atoms with E-state index in [0.29, 0.717) is 40.6 Å². The van der Waals surface area contributed by atoms with Gasteiger partial charge >= 0.3 is 0 Å². The predicted molar refractivity (Wildman–Crippen MR) is 168 cm³/mol. The normalized spacial score (nSPS) is 34.6. The molecule has 0 radical (unpaired) electrons. The Balaban J connectivity index is 0.978. The van der Waals surface area contributed by atoms with E-state index in [-0.39, 0.29) is 17.9 Å². The number of nitrogens with zero attached hydrogens (tertiary/aromatic N) is 4. The van der Waals surface area contributed by atoms with E-state index >= 15 is 0 Å². The molecule has 2 aliphatic heterocycles. The highest BCUT2D eigenvalue weighted by Crippen LogP contribution is 2.61. The Bertz CT molecular complexity index is 1420. The fraction of sp³-hybridized carbons (Fsp3) is 0.706. The number of benzene rings is 1. The first kappa shape index (κ1) is 29.0. The number of rotatable bonds is 8. The van der Waals surface area contributed by atoms with Crippen LogP contribution in [0, 0.1) is 30.1 Å². The van der Waals surface area contributed by atoms with Crippen molar-refractivity contribution in [3.63, 3.8) is 0 Å². The lowest BCUT2D eigenvalue weighted by atomic mass is 9.49. The molecule has 1 aromatic carbocycles. The van der Waals surface area contributed by atoms with Crippen molar-refractivity contribution in [3.8, 4) is 0 Å². The van der Waals surface area contributed by atoms with Gasteiger partial charge in [-0.25, -0.2) is 4.98 Å². The number of carbonyl (C=O) groups excluding carboxylic acids is 2. The van der Waals surface area contributed by atoms with Crippen LogP contribution in [0.25, 0.3) is 10.9 Å². The smallest absolute Gasteiger partial charge is 0.264 e. The molecular weight excluding hydrogens is 540 g/mol. The highest BCUT2D eigenvalue weighted by molar-refractivity contribution is 5.99. The summed E-state index contributed by atoms with van der Waals surface area (Å²) in [7, 11) is 0. The number of aryl methyl sites for hydroxylation is 1. The van der Waals surface area contributed by atoms with Gasteiger partial charge in [0.15, 0.2) is 0 Å². The average Bonchev–Trinajstić information content (AvgIpc) is 2.93. The second-order valence-electron chi connectivity index (χ2n) is 14.8. The number of carbonyl (C=O) groups is 2. The number of aromatic nitrogens is 2. The Morgan fingerprint density at radius 2 is 1.65 bits per heavy atom. The summed E-state index contributed by atoms with van der Waals surface area (Å²) < 4.78 is 1.46. The number of hydrogen-bond acceptors (Lipinski definition) is 7. The van der Waals surface area contributed by atoms with Crippen LogP contribution in [0.2, 0.25) is 0 Å². The SMILES string of the molecule is Cc1nc2cccc(NCCN3C[C@@H](C)N(CCC45CC6CC(CC(C6)C4)C5)[C@H](C)C3)c2c(=O)n1[C@@H]1CCC(=O)NC1=O. The third kappa shape index (κ3) is 5.52. The lowest BCUT2D eigenvalue weighted by Crippen LogP contribution is -2.58. The first-order chi connectivity index (χ1) is 20.7. The fourth-order valence-corrected chi connectivity index (χ4v) is 10.2. The molecule has 0 unspecified atom stereocenters. The van der Waals surface area contributed by atoms with Crippen molar-refractivity contribution in [3.05, 3.63) is 34.4 Å². The van der Waals surface area contributed by atoms with Gasteiger partial charge in [-0.2, -0.15) is 0 Å². The van der Waals surface area contributed by atoms with Crippen LogP contribution in [0.1, 0.15) is 83.5 Å². The molecule has 2 amide bonds. The number of hydrogen-bond donors (Lipinski definition) is 2. The summed E-state index contributed by atoms with van der Waals surface area (Å²) >= 11 is 0. The van der Waals surface area contributed by atoms with E-state index in [1.165, 1.54) is 56.1 Å². The zero-order chi connectivity index (χ0) is 29.9. The molecule has 2 N–H and O–H groups in total. The summed E-state index contributed by atoms with van der Waals surface area (Å²) in [5.41, 5.74) is 1.75. The minimum absolute atomic E-state index is 0.215. The van der Waals surface area contributed by atoms with Gasteiger partial charge < -0.3 is 5.32 Å². The molecular formula is C34H48N6O3. The Morgan fingerprint density at radius 1 is 0.977 bits per heavy atom. The van der Waals surface area contributed by atoms with Gasteiger partial charge in [-0.05, 0) is 114 Å². The minimum atomic E-state index is -0.725. The van der Waals surface area contributed by atoms with E-state index in [9.17, 15) is 14.4 Å². The van der Waals surface area contributed by atoms with Crippen molar-refractivity contribution >= 4 is 28.4 Å². The summed E-state index contributed by atoms with van der Waals surface area (Å²) in [4.78, 5) is 48.0. The molecule has 43 heavy (non-hydrogen) atoms. The van der Waals surface area contributed by atoms with Crippen molar-refractivity contribution in [2.24, 2.45) is 23.2 Å². The van der Waals surface area contributed by atoms with Crippen molar-refractivity contribution < 1.29 is 9.59 Å². The number of anilines is 1. The molecule has 3 atom stereocenters. The van der Waals surface area contributed by atoms with E-state index in [2.05, 4.69) is 39.3 Å². The first-order valence-corrected chi connectivity index (χ1v) is 16.8. The number of fused-ring (bicyclic) bond motifs is 1. The number of amides is 2. The van der Waals surface area contributed by atoms with E-state index in [4.69, 9.17) is 0 Å². The summed E-state index contributed by atoms with van der Waals surface area (Å²) in [6.07, 6.45) is 10.9. The molecule has 1 aromatic heterocycles. The molecule has 3 heterocycles. The van der Waals surface area contributed by atoms with Crippen molar-refractivity contribution in [2.75, 3.05) is 38.0 Å². The molecule has 4 bridgehead atoms. The van der Waals surface area contributed by atoms with E-state index in [1.54, 1.807) is 6.92 Å². The minimum Gasteiger partial charge on any atom is -0.383 e. The topological polar surface area (TPSA) is 99.6 Å². The van der Waals surface area contributed by atoms with Gasteiger partial charge in [0.05, 0.1) is 10.9 Å². The standard InChI is InChI=1S/C34H48N6O3/c1-21-19-38(20-22(2)39(21)11-9-34-16-24-13-25(17-34)15-26(14-24)18-34)12-10-35-27-5-4-6-28-31(27)33(43)40(23(3)36-28)29-7-8-30(41)37-32(29)42/h4-6,21-22,24-26,29,35H,7-20H2,1-3H3,(H,37,41,42)/t21-,22-,24?,25?,26?,29-,34?/m1/s1. The summed E-state index contributed by atoms with van der Waals surface area (Å²) in [5.74, 6) is 2.81. The van der Waals surface area contributed by atoms with Gasteiger partial charge in [0, 0.05) is 50.4 Å². The third-order valence-corrected chi connectivity index (χ3v) is 11.6. The molecule has 0 spiro atoms. The van der Waals surface area contributed by atoms with Crippen molar-refractivity contribution in [1.29, 1.82) is 0 Å². The van der Waals surface area contributed by atoms with Gasteiger partial charge in [0.25, 0.3) is 5.56 Å². The molecule has 6 aliphatic rings. The molecule has 9 nitrogen and oxygen atoms in total. The zero-order valence-corrected chi connectivity index (χ0v) is 26.1. The van der Waals surface area contributed by atoms with Gasteiger partial charge in [0.1, 0.15) is 11.9 Å². The Labute approximate surface area is 254 Å². The maximum absolute atomic E-state index is 13.7. The molecule has 6 fully saturated rings. The number of piperazine rings is 1. The van der Waals surface area contributed by atoms with Crippen LogP contribution in [0.15, 0.2) is 23.0 Å². The van der Waals surface area contributed by atoms with Crippen LogP contribution >= 0.6 is 0 Å². The summed E-state index contributed by atoms with van der Waals surface area (Å²) in [5, 5.41) is 6.39. The number of imide groups is 1. The number of piperidine rings is 1. The highest BCUT2D eigenvalue weighted by atomic mass is 16.2. The van der Waals surface area contributed by atoms with Crippen LogP contribution in [-0.4, -0.2) is 76.0 Å². The summed E-state index contributed by atoms with van der Waals surface area (Å²) in [6.45, 7) is 11.5. The maximum atomic E-state index is 13.7. The quantitative estimate of drug-likeness (QED) is 0.448. The van der Waals surface area contributed by atoms with E-state index < -0.39 is 11.9 Å². The molecule has 4 aliphatic carbocycles. The Kier molecular flexibility index (Phi) is 7.61. The predicted octanol–water partition coefficient (Wildman–Crippen LogP) is 4.10. The van der Waals surface area contributed by atoms with Crippen LogP contribution in [0.4, 0.5) is 5.69 Å². The monoisotopic (exact) mass is 588 g/mol. The second kappa shape index (κ2) is 11.3. The average molecular weight is 589 g/mol. The maximum Gasteiger partial charge on any atom is 0.264 e. The Hall–Kier alpha value is -2.78. The fourth-order valence-electron chi connectivity index (χ4n) is 10.2. The second-order valence-corrected chi connectivity index (χ2v) is 14.8. The molecule has 2 saturated heterocycles. The van der Waals surface area contributed by atoms with Crippen LogP contribution in [-0.2, 0) is 9.59 Å². The lowest BCUT2D eigenvalue weighted by molar-refractivity contribution is -0.135. The molecule has 8 rings (SSSR count). The lowest BCUT2D eigenvalue weighted by Gasteiger charge is -2.57. The van der Waals surface area contributed by atoms with Gasteiger partial charge in [-0.15, -0.1) is 0 Å². The van der Waals surface area contributed by atoms with Crippen molar-refractivity contribution in [1.82, 2.24) is 24.7 Å². The molecule has 232 valence electrons. The third-order valence-electron chi connectivity index (χ3n) is 11.6. The van der Waals surface area contributed by atoms with Gasteiger partial charge in [-0.1, -0.05) is 6.07 Å². The zero-order valence-electron chi connectivity index (χ0n) is 26.1. The van der Waals surface area contributed by atoms with Crippen LogP contribution < -0.4 is 16.2 Å². The van der Waals surface area contributed by atoms with Gasteiger partial charge in [0.2, 0.25) is 11.8 Å². The number of nitrogens with one attached hydrogen (secondary N) is 2. The molecule has 2 aromatic rings.